The first-order valence-corrected chi connectivity index (χ1v) is 9.08. The van der Waals surface area contributed by atoms with Gasteiger partial charge < -0.3 is 18.9 Å². The Morgan fingerprint density at radius 3 is 2.69 bits per heavy atom. The van der Waals surface area contributed by atoms with Crippen molar-refractivity contribution in [1.82, 2.24) is 10.9 Å². The van der Waals surface area contributed by atoms with Gasteiger partial charge in [-0.3, -0.25) is 20.4 Å². The average Bonchev–Trinajstić information content (AvgIpc) is 2.76. The molecule has 0 spiro atoms. The molecule has 0 aliphatic carbocycles. The molecule has 8 nitrogen and oxygen atoms in total. The van der Waals surface area contributed by atoms with E-state index in [0.717, 1.165) is 5.56 Å². The highest BCUT2D eigenvalue weighted by Gasteiger charge is 2.27. The first-order chi connectivity index (χ1) is 14.1. The van der Waals surface area contributed by atoms with Gasteiger partial charge in [-0.25, -0.2) is 0 Å². The number of amides is 2. The molecule has 2 aromatic carbocycles. The van der Waals surface area contributed by atoms with Gasteiger partial charge in [0.25, 0.3) is 11.8 Å². The Bertz CT molecular complexity index is 912. The van der Waals surface area contributed by atoms with Crippen molar-refractivity contribution in [2.24, 2.45) is 0 Å². The molecule has 1 heterocycles. The van der Waals surface area contributed by atoms with Crippen LogP contribution in [0.3, 0.4) is 0 Å². The zero-order valence-electron chi connectivity index (χ0n) is 16.1. The lowest BCUT2D eigenvalue weighted by molar-refractivity contribution is -0.134. The summed E-state index contributed by atoms with van der Waals surface area (Å²) in [7, 11) is 1.54. The number of hydrogen-bond donors (Lipinski definition) is 2. The van der Waals surface area contributed by atoms with E-state index in [4.69, 9.17) is 18.9 Å². The molecule has 2 aromatic rings. The van der Waals surface area contributed by atoms with Crippen LogP contribution in [-0.4, -0.2) is 38.2 Å². The minimum absolute atomic E-state index is 0.0561. The molecule has 0 radical (unpaired) electrons. The lowest BCUT2D eigenvalue weighted by atomic mass is 10.2. The average molecular weight is 398 g/mol. The fourth-order valence-corrected chi connectivity index (χ4v) is 2.63. The van der Waals surface area contributed by atoms with E-state index < -0.39 is 17.9 Å². The first-order valence-electron chi connectivity index (χ1n) is 9.08. The summed E-state index contributed by atoms with van der Waals surface area (Å²) in [4.78, 5) is 24.2. The molecule has 2 N–H and O–H groups in total. The third-order valence-electron chi connectivity index (χ3n) is 4.02. The molecule has 1 unspecified atom stereocenters. The number of carbonyl (C=O) groups excluding carboxylic acids is 2. The van der Waals surface area contributed by atoms with Crippen LogP contribution in [0.5, 0.6) is 23.0 Å². The Balaban J connectivity index is 1.51. The Hall–Kier alpha value is -3.68. The second-order valence-electron chi connectivity index (χ2n) is 6.02. The van der Waals surface area contributed by atoms with E-state index in [9.17, 15) is 9.59 Å². The van der Waals surface area contributed by atoms with Crippen LogP contribution in [-0.2, 0) is 9.59 Å². The molecule has 0 aromatic heterocycles. The topological polar surface area (TPSA) is 95.1 Å². The van der Waals surface area contributed by atoms with Crippen molar-refractivity contribution >= 4 is 17.9 Å². The molecular weight excluding hydrogens is 376 g/mol. The van der Waals surface area contributed by atoms with Crippen LogP contribution in [0.25, 0.3) is 6.08 Å². The van der Waals surface area contributed by atoms with Crippen LogP contribution in [0.4, 0.5) is 0 Å². The normalized spacial score (nSPS) is 14.9. The summed E-state index contributed by atoms with van der Waals surface area (Å²) in [6.45, 7) is 2.46. The van der Waals surface area contributed by atoms with Crippen molar-refractivity contribution < 1.29 is 28.5 Å². The Morgan fingerprint density at radius 1 is 1.14 bits per heavy atom. The lowest BCUT2D eigenvalue weighted by Crippen LogP contribution is -2.50. The summed E-state index contributed by atoms with van der Waals surface area (Å²) in [6, 6.07) is 12.4. The van der Waals surface area contributed by atoms with Crippen LogP contribution in [0.2, 0.25) is 0 Å². The fraction of sp³-hybridized carbons (Fsp3) is 0.238. The van der Waals surface area contributed by atoms with Gasteiger partial charge in [-0.05, 0) is 42.8 Å². The van der Waals surface area contributed by atoms with E-state index in [1.54, 1.807) is 49.6 Å². The molecule has 1 aliphatic rings. The maximum absolute atomic E-state index is 12.2. The van der Waals surface area contributed by atoms with Gasteiger partial charge in [-0.2, -0.15) is 0 Å². The number of nitrogens with one attached hydrogen (secondary N) is 2. The van der Waals surface area contributed by atoms with Gasteiger partial charge in [0.1, 0.15) is 6.61 Å². The second-order valence-corrected chi connectivity index (χ2v) is 6.02. The molecule has 152 valence electrons. The molecule has 3 rings (SSSR count). The van der Waals surface area contributed by atoms with Crippen LogP contribution in [0.1, 0.15) is 12.5 Å². The van der Waals surface area contributed by atoms with E-state index in [1.165, 1.54) is 6.08 Å². The van der Waals surface area contributed by atoms with E-state index in [-0.39, 0.29) is 6.61 Å². The molecule has 0 saturated heterocycles. The van der Waals surface area contributed by atoms with Gasteiger partial charge in [-0.1, -0.05) is 18.2 Å². The number of carbonyl (C=O) groups is 2. The van der Waals surface area contributed by atoms with Gasteiger partial charge in [0.2, 0.25) is 6.10 Å². The standard InChI is InChI=1S/C21H22N2O6/c1-3-27-16-10-8-14(12-18(16)26-2)9-11-20(24)22-23-21(25)19-13-28-15-6-4-5-7-17(15)29-19/h4-12,19H,3,13H2,1-2H3,(H,22,24)(H,23,25). The Morgan fingerprint density at radius 2 is 1.93 bits per heavy atom. The number of fused-ring (bicyclic) bond motifs is 1. The summed E-state index contributed by atoms with van der Waals surface area (Å²) in [5.41, 5.74) is 5.39. The second kappa shape index (κ2) is 9.50. The van der Waals surface area contributed by atoms with Gasteiger partial charge in [0, 0.05) is 6.08 Å². The number of hydrazine groups is 1. The molecule has 1 atom stereocenters. The Labute approximate surface area is 168 Å². The lowest BCUT2D eigenvalue weighted by Gasteiger charge is -2.25. The van der Waals surface area contributed by atoms with E-state index in [2.05, 4.69) is 10.9 Å². The SMILES string of the molecule is CCOc1ccc(C=CC(=O)NNC(=O)C2COc3ccccc3O2)cc1OC. The summed E-state index contributed by atoms with van der Waals surface area (Å²) in [5, 5.41) is 0. The van der Waals surface area contributed by atoms with Gasteiger partial charge in [-0.15, -0.1) is 0 Å². The minimum Gasteiger partial charge on any atom is -0.493 e. The van der Waals surface area contributed by atoms with E-state index >= 15 is 0 Å². The highest BCUT2D eigenvalue weighted by molar-refractivity contribution is 5.93. The van der Waals surface area contributed by atoms with Crippen molar-refractivity contribution in [3.05, 3.63) is 54.1 Å². The summed E-state index contributed by atoms with van der Waals surface area (Å²) < 4.78 is 21.8. The maximum atomic E-state index is 12.2. The van der Waals surface area contributed by atoms with Crippen molar-refractivity contribution in [2.75, 3.05) is 20.3 Å². The van der Waals surface area contributed by atoms with Gasteiger partial charge in [0.15, 0.2) is 23.0 Å². The van der Waals surface area contributed by atoms with Crippen molar-refractivity contribution in [2.45, 2.75) is 13.0 Å². The summed E-state index contributed by atoms with van der Waals surface area (Å²) in [5.74, 6) is 1.24. The maximum Gasteiger partial charge on any atom is 0.283 e. The molecule has 0 bridgehead atoms. The van der Waals surface area contributed by atoms with Crippen molar-refractivity contribution in [3.63, 3.8) is 0 Å². The molecule has 8 heteroatoms. The zero-order valence-corrected chi connectivity index (χ0v) is 16.1. The Kier molecular flexibility index (Phi) is 6.57. The number of hydrogen-bond acceptors (Lipinski definition) is 6. The predicted molar refractivity (Wildman–Crippen MR) is 106 cm³/mol. The smallest absolute Gasteiger partial charge is 0.283 e. The number of ether oxygens (including phenoxy) is 4. The fourth-order valence-electron chi connectivity index (χ4n) is 2.63. The molecule has 0 saturated carbocycles. The van der Waals surface area contributed by atoms with Crippen LogP contribution >= 0.6 is 0 Å². The zero-order chi connectivity index (χ0) is 20.6. The van der Waals surface area contributed by atoms with Crippen LogP contribution < -0.4 is 29.8 Å². The summed E-state index contributed by atoms with van der Waals surface area (Å²) >= 11 is 0. The number of benzene rings is 2. The first kappa shape index (κ1) is 20.1. The van der Waals surface area contributed by atoms with Crippen molar-refractivity contribution in [3.8, 4) is 23.0 Å². The molecule has 2 amide bonds. The van der Waals surface area contributed by atoms with Crippen molar-refractivity contribution in [1.29, 1.82) is 0 Å². The molecule has 29 heavy (non-hydrogen) atoms. The third-order valence-corrected chi connectivity index (χ3v) is 4.02. The predicted octanol–water partition coefficient (Wildman–Crippen LogP) is 2.09. The molecular formula is C21H22N2O6. The van der Waals surface area contributed by atoms with E-state index in [1.807, 2.05) is 13.0 Å². The number of para-hydroxylation sites is 2. The minimum atomic E-state index is -0.857. The highest BCUT2D eigenvalue weighted by atomic mass is 16.6. The highest BCUT2D eigenvalue weighted by Crippen LogP contribution is 2.31. The van der Waals surface area contributed by atoms with Gasteiger partial charge in [0.05, 0.1) is 13.7 Å². The summed E-state index contributed by atoms with van der Waals surface area (Å²) in [6.07, 6.45) is 2.03. The van der Waals surface area contributed by atoms with Gasteiger partial charge >= 0.3 is 0 Å². The van der Waals surface area contributed by atoms with E-state index in [0.29, 0.717) is 29.6 Å². The number of methoxy groups -OCH3 is 1. The third kappa shape index (κ3) is 5.19. The van der Waals surface area contributed by atoms with Crippen LogP contribution in [0, 0.1) is 0 Å². The monoisotopic (exact) mass is 398 g/mol. The largest absolute Gasteiger partial charge is 0.493 e. The van der Waals surface area contributed by atoms with Crippen LogP contribution in [0.15, 0.2) is 48.5 Å². The molecule has 1 aliphatic heterocycles. The number of rotatable bonds is 6. The quantitative estimate of drug-likeness (QED) is 0.572. The molecule has 0 fully saturated rings.